The summed E-state index contributed by atoms with van der Waals surface area (Å²) in [6, 6.07) is 7.95. The normalized spacial score (nSPS) is 31.0. The molecule has 0 unspecified atom stereocenters. The minimum absolute atomic E-state index is 0.104. The molecule has 0 bridgehead atoms. The maximum atomic E-state index is 9.72. The molecule has 2 saturated carbocycles. The number of pyridine rings is 1. The highest BCUT2D eigenvalue weighted by Gasteiger charge is 2.37. The van der Waals surface area contributed by atoms with Crippen molar-refractivity contribution in [3.63, 3.8) is 0 Å². The van der Waals surface area contributed by atoms with E-state index in [1.165, 1.54) is 51.6 Å². The molecule has 2 aliphatic carbocycles. The Morgan fingerprint density at radius 2 is 1.83 bits per heavy atom. The lowest BCUT2D eigenvalue weighted by atomic mass is 9.75. The smallest absolute Gasteiger partial charge is 0.0576 e. The number of hydrogen-bond donors (Lipinski definition) is 2. The van der Waals surface area contributed by atoms with Gasteiger partial charge >= 0.3 is 0 Å². The maximum Gasteiger partial charge on any atom is 0.0576 e. The van der Waals surface area contributed by atoms with E-state index in [2.05, 4.69) is 27.3 Å². The van der Waals surface area contributed by atoms with Crippen molar-refractivity contribution in [1.82, 2.24) is 15.2 Å². The first-order chi connectivity index (χ1) is 11.8. The Bertz CT molecular complexity index is 503. The zero-order valence-corrected chi connectivity index (χ0v) is 14.6. The molecule has 1 aliphatic heterocycles. The van der Waals surface area contributed by atoms with Crippen LogP contribution < -0.4 is 5.32 Å². The molecule has 0 aromatic carbocycles. The Balaban J connectivity index is 1.35. The highest BCUT2D eigenvalue weighted by atomic mass is 16.3. The van der Waals surface area contributed by atoms with E-state index in [0.717, 1.165) is 24.6 Å². The number of piperidine rings is 1. The van der Waals surface area contributed by atoms with E-state index in [9.17, 15) is 5.11 Å². The SMILES string of the molecule is OC1CC([C@H](NC2CCN(C3CCCC3)CC2)c2ccccn2)C1. The first-order valence-corrected chi connectivity index (χ1v) is 9.88. The molecule has 3 fully saturated rings. The van der Waals surface area contributed by atoms with Crippen LogP contribution >= 0.6 is 0 Å². The minimum Gasteiger partial charge on any atom is -0.393 e. The number of aromatic nitrogens is 1. The van der Waals surface area contributed by atoms with Crippen molar-refractivity contribution in [2.45, 2.75) is 75.6 Å². The Morgan fingerprint density at radius 1 is 1.08 bits per heavy atom. The van der Waals surface area contributed by atoms with Crippen molar-refractivity contribution in [3.05, 3.63) is 30.1 Å². The summed E-state index contributed by atoms with van der Waals surface area (Å²) in [4.78, 5) is 7.33. The monoisotopic (exact) mass is 329 g/mol. The van der Waals surface area contributed by atoms with Gasteiger partial charge in [0.2, 0.25) is 0 Å². The topological polar surface area (TPSA) is 48.4 Å². The van der Waals surface area contributed by atoms with Gasteiger partial charge in [0.1, 0.15) is 0 Å². The fraction of sp³-hybridized carbons (Fsp3) is 0.750. The number of aliphatic hydroxyl groups is 1. The van der Waals surface area contributed by atoms with Gasteiger partial charge in [0.25, 0.3) is 0 Å². The minimum atomic E-state index is -0.104. The van der Waals surface area contributed by atoms with E-state index in [4.69, 9.17) is 0 Å². The Labute approximate surface area is 145 Å². The largest absolute Gasteiger partial charge is 0.393 e. The van der Waals surface area contributed by atoms with E-state index in [-0.39, 0.29) is 6.10 Å². The Morgan fingerprint density at radius 3 is 2.46 bits per heavy atom. The molecule has 3 aliphatic rings. The molecule has 4 heteroatoms. The molecule has 1 saturated heterocycles. The summed E-state index contributed by atoms with van der Waals surface area (Å²) < 4.78 is 0. The molecule has 2 N–H and O–H groups in total. The number of nitrogens with one attached hydrogen (secondary N) is 1. The first-order valence-electron chi connectivity index (χ1n) is 9.88. The lowest BCUT2D eigenvalue weighted by Gasteiger charge is -2.42. The van der Waals surface area contributed by atoms with Gasteiger partial charge in [-0.05, 0) is 69.7 Å². The molecule has 4 nitrogen and oxygen atoms in total. The number of rotatable bonds is 5. The van der Waals surface area contributed by atoms with Gasteiger partial charge in [-0.15, -0.1) is 0 Å². The van der Waals surface area contributed by atoms with Crippen LogP contribution in [0.1, 0.15) is 63.1 Å². The Kier molecular flexibility index (Phi) is 5.16. The summed E-state index contributed by atoms with van der Waals surface area (Å²) in [5.41, 5.74) is 1.15. The summed E-state index contributed by atoms with van der Waals surface area (Å²) in [5, 5.41) is 13.6. The average molecular weight is 329 g/mol. The fourth-order valence-electron chi connectivity index (χ4n) is 4.88. The van der Waals surface area contributed by atoms with Gasteiger partial charge in [0.15, 0.2) is 0 Å². The highest BCUT2D eigenvalue weighted by molar-refractivity contribution is 5.12. The van der Waals surface area contributed by atoms with Crippen LogP contribution in [0.4, 0.5) is 0 Å². The summed E-state index contributed by atoms with van der Waals surface area (Å²) >= 11 is 0. The van der Waals surface area contributed by atoms with Gasteiger partial charge in [-0.3, -0.25) is 4.98 Å². The third kappa shape index (κ3) is 3.66. The van der Waals surface area contributed by atoms with Crippen LogP contribution in [0.15, 0.2) is 24.4 Å². The van der Waals surface area contributed by atoms with Crippen molar-refractivity contribution in [1.29, 1.82) is 0 Å². The van der Waals surface area contributed by atoms with Crippen LogP contribution in [0.3, 0.4) is 0 Å². The van der Waals surface area contributed by atoms with Gasteiger partial charge in [-0.25, -0.2) is 0 Å². The zero-order valence-electron chi connectivity index (χ0n) is 14.6. The molecule has 4 rings (SSSR count). The van der Waals surface area contributed by atoms with Crippen LogP contribution in [-0.2, 0) is 0 Å². The predicted octanol–water partition coefficient (Wildman–Crippen LogP) is 2.89. The molecular formula is C20H31N3O. The van der Waals surface area contributed by atoms with Gasteiger partial charge < -0.3 is 15.3 Å². The second kappa shape index (κ2) is 7.51. The van der Waals surface area contributed by atoms with Gasteiger partial charge in [0, 0.05) is 18.3 Å². The van der Waals surface area contributed by atoms with Crippen molar-refractivity contribution in [2.75, 3.05) is 13.1 Å². The summed E-state index contributed by atoms with van der Waals surface area (Å²) in [5.74, 6) is 0.530. The van der Waals surface area contributed by atoms with Crippen molar-refractivity contribution in [3.8, 4) is 0 Å². The molecule has 24 heavy (non-hydrogen) atoms. The standard InChI is InChI=1S/C20H31N3O/c24-18-13-15(14-18)20(19-7-3-4-10-21-19)22-16-8-11-23(12-9-16)17-5-1-2-6-17/h3-4,7,10,15-18,20,22,24H,1-2,5-6,8-9,11-14H2/t15?,18?,20-/m0/s1. The first kappa shape index (κ1) is 16.5. The molecule has 2 heterocycles. The molecule has 0 spiro atoms. The lowest BCUT2D eigenvalue weighted by molar-refractivity contribution is 0.0182. The van der Waals surface area contributed by atoms with Crippen molar-refractivity contribution >= 4 is 0 Å². The molecule has 1 atom stereocenters. The molecular weight excluding hydrogens is 298 g/mol. The molecule has 0 amide bonds. The number of aliphatic hydroxyl groups excluding tert-OH is 1. The molecule has 1 aromatic heterocycles. The second-order valence-corrected chi connectivity index (χ2v) is 8.03. The molecule has 0 radical (unpaired) electrons. The lowest BCUT2D eigenvalue weighted by Crippen LogP contribution is -2.49. The predicted molar refractivity (Wildman–Crippen MR) is 95.7 cm³/mol. The van der Waals surface area contributed by atoms with Crippen LogP contribution in [0.2, 0.25) is 0 Å². The van der Waals surface area contributed by atoms with Gasteiger partial charge in [-0.2, -0.15) is 0 Å². The number of nitrogens with zero attached hydrogens (tertiary/aromatic N) is 2. The third-order valence-electron chi connectivity index (χ3n) is 6.41. The maximum absolute atomic E-state index is 9.72. The van der Waals surface area contributed by atoms with Crippen molar-refractivity contribution < 1.29 is 5.11 Å². The number of likely N-dealkylation sites (tertiary alicyclic amines) is 1. The van der Waals surface area contributed by atoms with E-state index in [1.54, 1.807) is 0 Å². The van der Waals surface area contributed by atoms with E-state index >= 15 is 0 Å². The van der Waals surface area contributed by atoms with Gasteiger partial charge in [0.05, 0.1) is 17.8 Å². The summed E-state index contributed by atoms with van der Waals surface area (Å²) in [7, 11) is 0. The molecule has 132 valence electrons. The Hall–Kier alpha value is -0.970. The van der Waals surface area contributed by atoms with Crippen LogP contribution in [0, 0.1) is 5.92 Å². The van der Waals surface area contributed by atoms with Crippen molar-refractivity contribution in [2.24, 2.45) is 5.92 Å². The summed E-state index contributed by atoms with van der Waals surface area (Å²) in [6.07, 6.45) is 11.8. The van der Waals surface area contributed by atoms with Crippen LogP contribution in [0.5, 0.6) is 0 Å². The van der Waals surface area contributed by atoms with E-state index in [0.29, 0.717) is 18.0 Å². The average Bonchev–Trinajstić information content (AvgIpc) is 3.13. The number of hydrogen-bond acceptors (Lipinski definition) is 4. The summed E-state index contributed by atoms with van der Waals surface area (Å²) in [6.45, 7) is 2.48. The van der Waals surface area contributed by atoms with Gasteiger partial charge in [-0.1, -0.05) is 18.9 Å². The van der Waals surface area contributed by atoms with E-state index in [1.807, 2.05) is 12.3 Å². The fourth-order valence-corrected chi connectivity index (χ4v) is 4.88. The van der Waals surface area contributed by atoms with Crippen LogP contribution in [0.25, 0.3) is 0 Å². The third-order valence-corrected chi connectivity index (χ3v) is 6.41. The quantitative estimate of drug-likeness (QED) is 0.872. The van der Waals surface area contributed by atoms with E-state index < -0.39 is 0 Å². The zero-order chi connectivity index (χ0) is 16.4. The highest BCUT2D eigenvalue weighted by Crippen LogP contribution is 2.38. The second-order valence-electron chi connectivity index (χ2n) is 8.03. The van der Waals surface area contributed by atoms with Crippen LogP contribution in [-0.4, -0.2) is 46.3 Å². The molecule has 1 aromatic rings.